The quantitative estimate of drug-likeness (QED) is 0.771. The third-order valence-electron chi connectivity index (χ3n) is 2.70. The van der Waals surface area contributed by atoms with E-state index in [9.17, 15) is 0 Å². The fourth-order valence-electron chi connectivity index (χ4n) is 1.86. The Balaban J connectivity index is 2.87. The van der Waals surface area contributed by atoms with Gasteiger partial charge in [-0.25, -0.2) is 0 Å². The first kappa shape index (κ1) is 11.3. The number of hydrogen-bond donors (Lipinski definition) is 1. The van der Waals surface area contributed by atoms with Gasteiger partial charge in [-0.1, -0.05) is 43.7 Å². The van der Waals surface area contributed by atoms with Crippen molar-refractivity contribution in [3.05, 3.63) is 35.4 Å². The average molecular weight is 191 g/mol. The lowest BCUT2D eigenvalue weighted by Gasteiger charge is -2.21. The molecule has 14 heavy (non-hydrogen) atoms. The lowest BCUT2D eigenvalue weighted by molar-refractivity contribution is 0.478. The Morgan fingerprint density at radius 2 is 2.00 bits per heavy atom. The maximum atomic E-state index is 3.27. The topological polar surface area (TPSA) is 12.0 Å². The maximum absolute atomic E-state index is 3.27. The van der Waals surface area contributed by atoms with Gasteiger partial charge in [0.1, 0.15) is 0 Å². The molecule has 1 N–H and O–H groups in total. The highest BCUT2D eigenvalue weighted by molar-refractivity contribution is 5.26. The van der Waals surface area contributed by atoms with E-state index in [-0.39, 0.29) is 0 Å². The molecule has 1 rings (SSSR count). The summed E-state index contributed by atoms with van der Waals surface area (Å²) in [7, 11) is 2.02. The summed E-state index contributed by atoms with van der Waals surface area (Å²) < 4.78 is 0. The highest BCUT2D eigenvalue weighted by atomic mass is 14.8. The number of likely N-dealkylation sites (N-methyl/N-ethyl adjacent to an activating group) is 1. The molecule has 0 radical (unpaired) electrons. The predicted molar refractivity (Wildman–Crippen MR) is 62.7 cm³/mol. The van der Waals surface area contributed by atoms with Gasteiger partial charge in [-0.2, -0.15) is 0 Å². The first-order chi connectivity index (χ1) is 6.65. The van der Waals surface area contributed by atoms with Crippen LogP contribution in [-0.4, -0.2) is 13.6 Å². The number of rotatable bonds is 4. The monoisotopic (exact) mass is 191 g/mol. The van der Waals surface area contributed by atoms with Crippen LogP contribution in [0.15, 0.2) is 24.3 Å². The fraction of sp³-hybridized carbons (Fsp3) is 0.538. The molecule has 0 saturated carbocycles. The maximum Gasteiger partial charge on any atom is 0.00196 e. The van der Waals surface area contributed by atoms with E-state index < -0.39 is 0 Å². The zero-order chi connectivity index (χ0) is 10.6. The number of benzene rings is 1. The van der Waals surface area contributed by atoms with Crippen molar-refractivity contribution < 1.29 is 0 Å². The molecule has 0 aliphatic rings. The van der Waals surface area contributed by atoms with E-state index >= 15 is 0 Å². The fourth-order valence-corrected chi connectivity index (χ4v) is 1.86. The normalized spacial score (nSPS) is 13.2. The van der Waals surface area contributed by atoms with Gasteiger partial charge in [-0.05, 0) is 31.4 Å². The average Bonchev–Trinajstić information content (AvgIpc) is 2.13. The Hall–Kier alpha value is -0.820. The highest BCUT2D eigenvalue weighted by Crippen LogP contribution is 2.24. The van der Waals surface area contributed by atoms with Crippen molar-refractivity contribution in [3.8, 4) is 0 Å². The molecule has 1 atom stereocenters. The zero-order valence-corrected chi connectivity index (χ0v) is 9.67. The summed E-state index contributed by atoms with van der Waals surface area (Å²) in [5.41, 5.74) is 2.80. The van der Waals surface area contributed by atoms with Gasteiger partial charge in [0.25, 0.3) is 0 Å². The third-order valence-corrected chi connectivity index (χ3v) is 2.70. The molecule has 1 unspecified atom stereocenters. The molecule has 1 nitrogen and oxygen atoms in total. The number of aryl methyl sites for hydroxylation is 1. The summed E-state index contributed by atoms with van der Waals surface area (Å²) in [5.74, 6) is 1.31. The third kappa shape index (κ3) is 2.85. The van der Waals surface area contributed by atoms with E-state index in [2.05, 4.69) is 50.4 Å². The molecule has 78 valence electrons. The van der Waals surface area contributed by atoms with Gasteiger partial charge in [-0.3, -0.25) is 0 Å². The van der Waals surface area contributed by atoms with Crippen LogP contribution in [0.1, 0.15) is 30.9 Å². The van der Waals surface area contributed by atoms with Crippen molar-refractivity contribution in [2.45, 2.75) is 26.7 Å². The van der Waals surface area contributed by atoms with Crippen LogP contribution in [0, 0.1) is 12.8 Å². The van der Waals surface area contributed by atoms with Crippen LogP contribution in [-0.2, 0) is 0 Å². The molecule has 0 aliphatic heterocycles. The van der Waals surface area contributed by atoms with Crippen molar-refractivity contribution in [2.24, 2.45) is 5.92 Å². The molecule has 0 spiro atoms. The minimum atomic E-state index is 0.625. The van der Waals surface area contributed by atoms with Gasteiger partial charge < -0.3 is 5.32 Å². The van der Waals surface area contributed by atoms with Gasteiger partial charge in [0, 0.05) is 6.54 Å². The van der Waals surface area contributed by atoms with Gasteiger partial charge in [0.15, 0.2) is 0 Å². The standard InChI is InChI=1S/C13H21N/c1-10(2)13(9-14-4)12-7-5-6-11(3)8-12/h5-8,10,13-14H,9H2,1-4H3. The van der Waals surface area contributed by atoms with Crippen molar-refractivity contribution in [2.75, 3.05) is 13.6 Å². The highest BCUT2D eigenvalue weighted by Gasteiger charge is 2.14. The van der Waals surface area contributed by atoms with Crippen LogP contribution in [0.4, 0.5) is 0 Å². The van der Waals surface area contributed by atoms with E-state index in [1.165, 1.54) is 11.1 Å². The number of nitrogens with one attached hydrogen (secondary N) is 1. The molecular formula is C13H21N. The molecule has 0 fully saturated rings. The van der Waals surface area contributed by atoms with E-state index in [4.69, 9.17) is 0 Å². The molecule has 1 heteroatoms. The van der Waals surface area contributed by atoms with Crippen LogP contribution in [0.3, 0.4) is 0 Å². The Morgan fingerprint density at radius 3 is 2.50 bits per heavy atom. The van der Waals surface area contributed by atoms with E-state index in [0.717, 1.165) is 6.54 Å². The zero-order valence-electron chi connectivity index (χ0n) is 9.67. The van der Waals surface area contributed by atoms with E-state index in [0.29, 0.717) is 11.8 Å². The molecule has 0 bridgehead atoms. The summed E-state index contributed by atoms with van der Waals surface area (Å²) in [6.07, 6.45) is 0. The SMILES string of the molecule is CNCC(c1cccc(C)c1)C(C)C. The second-order valence-electron chi connectivity index (χ2n) is 4.32. The molecular weight excluding hydrogens is 170 g/mol. The summed E-state index contributed by atoms with van der Waals surface area (Å²) in [4.78, 5) is 0. The molecule has 1 aromatic carbocycles. The van der Waals surface area contributed by atoms with Gasteiger partial charge in [-0.15, -0.1) is 0 Å². The van der Waals surface area contributed by atoms with Crippen molar-refractivity contribution in [3.63, 3.8) is 0 Å². The summed E-state index contributed by atoms with van der Waals surface area (Å²) in [5, 5.41) is 3.27. The lowest BCUT2D eigenvalue weighted by Crippen LogP contribution is -2.21. The Kier molecular flexibility index (Phi) is 4.15. The minimum absolute atomic E-state index is 0.625. The van der Waals surface area contributed by atoms with Crippen LogP contribution >= 0.6 is 0 Å². The minimum Gasteiger partial charge on any atom is -0.319 e. The van der Waals surface area contributed by atoms with Crippen LogP contribution in [0.2, 0.25) is 0 Å². The van der Waals surface area contributed by atoms with Gasteiger partial charge >= 0.3 is 0 Å². The van der Waals surface area contributed by atoms with Crippen molar-refractivity contribution in [1.82, 2.24) is 5.32 Å². The van der Waals surface area contributed by atoms with Crippen molar-refractivity contribution >= 4 is 0 Å². The second kappa shape index (κ2) is 5.16. The predicted octanol–water partition coefficient (Wildman–Crippen LogP) is 2.95. The van der Waals surface area contributed by atoms with Gasteiger partial charge in [0.05, 0.1) is 0 Å². The molecule has 0 saturated heterocycles. The van der Waals surface area contributed by atoms with Gasteiger partial charge in [0.2, 0.25) is 0 Å². The first-order valence-electron chi connectivity index (χ1n) is 5.36. The number of hydrogen-bond acceptors (Lipinski definition) is 1. The molecule has 0 aromatic heterocycles. The smallest absolute Gasteiger partial charge is 0.00196 e. The van der Waals surface area contributed by atoms with Crippen LogP contribution < -0.4 is 5.32 Å². The first-order valence-corrected chi connectivity index (χ1v) is 5.36. The second-order valence-corrected chi connectivity index (χ2v) is 4.32. The molecule has 0 aliphatic carbocycles. The van der Waals surface area contributed by atoms with E-state index in [1.807, 2.05) is 7.05 Å². The Bertz CT molecular complexity index is 278. The summed E-state index contributed by atoms with van der Waals surface area (Å²) in [6.45, 7) is 7.77. The van der Waals surface area contributed by atoms with Crippen LogP contribution in [0.5, 0.6) is 0 Å². The van der Waals surface area contributed by atoms with E-state index in [1.54, 1.807) is 0 Å². The van der Waals surface area contributed by atoms with Crippen molar-refractivity contribution in [1.29, 1.82) is 0 Å². The lowest BCUT2D eigenvalue weighted by atomic mass is 9.88. The molecule has 1 aromatic rings. The molecule has 0 amide bonds. The summed E-state index contributed by atoms with van der Waals surface area (Å²) in [6, 6.07) is 8.83. The largest absolute Gasteiger partial charge is 0.319 e. The molecule has 0 heterocycles. The summed E-state index contributed by atoms with van der Waals surface area (Å²) >= 11 is 0. The Labute approximate surface area is 87.5 Å². The van der Waals surface area contributed by atoms with Crippen LogP contribution in [0.25, 0.3) is 0 Å². The Morgan fingerprint density at radius 1 is 1.29 bits per heavy atom.